The van der Waals surface area contributed by atoms with E-state index >= 15 is 0 Å². The average molecular weight is 236 g/mol. The van der Waals surface area contributed by atoms with Crippen molar-refractivity contribution < 1.29 is 5.11 Å². The van der Waals surface area contributed by atoms with Crippen LogP contribution in [-0.2, 0) is 0 Å². The molecule has 0 aromatic carbocycles. The van der Waals surface area contributed by atoms with Crippen molar-refractivity contribution in [3.05, 3.63) is 11.4 Å². The van der Waals surface area contributed by atoms with Crippen LogP contribution >= 0.6 is 0 Å². The SMILES string of the molecule is Cc1nnc(NC2(CO)CCCCC2)nc1C. The average Bonchev–Trinajstić information content (AvgIpc) is 2.35. The van der Waals surface area contributed by atoms with Crippen LogP contribution in [-0.4, -0.2) is 32.4 Å². The van der Waals surface area contributed by atoms with E-state index in [1.165, 1.54) is 6.42 Å². The first-order valence-electron chi connectivity index (χ1n) is 6.22. The van der Waals surface area contributed by atoms with E-state index < -0.39 is 0 Å². The summed E-state index contributed by atoms with van der Waals surface area (Å²) in [5, 5.41) is 21.0. The van der Waals surface area contributed by atoms with Crippen LogP contribution in [0, 0.1) is 13.8 Å². The lowest BCUT2D eigenvalue weighted by molar-refractivity contribution is 0.172. The van der Waals surface area contributed by atoms with E-state index in [1.54, 1.807) is 0 Å². The highest BCUT2D eigenvalue weighted by Gasteiger charge is 2.32. The standard InChI is InChI=1S/C12H20N4O/c1-9-10(2)15-16-11(13-9)14-12(8-17)6-4-3-5-7-12/h17H,3-8H2,1-2H3,(H,13,14,16). The fourth-order valence-corrected chi connectivity index (χ4v) is 2.30. The van der Waals surface area contributed by atoms with Gasteiger partial charge in [0.25, 0.3) is 0 Å². The van der Waals surface area contributed by atoms with E-state index in [-0.39, 0.29) is 12.1 Å². The van der Waals surface area contributed by atoms with Crippen molar-refractivity contribution in [1.29, 1.82) is 0 Å². The molecule has 1 aromatic heterocycles. The van der Waals surface area contributed by atoms with E-state index in [0.717, 1.165) is 37.1 Å². The number of hydrogen-bond acceptors (Lipinski definition) is 5. The van der Waals surface area contributed by atoms with Crippen LogP contribution in [0.2, 0.25) is 0 Å². The van der Waals surface area contributed by atoms with Gasteiger partial charge in [-0.15, -0.1) is 5.10 Å². The highest BCUT2D eigenvalue weighted by Crippen LogP contribution is 2.30. The monoisotopic (exact) mass is 236 g/mol. The first-order valence-corrected chi connectivity index (χ1v) is 6.22. The molecule has 94 valence electrons. The summed E-state index contributed by atoms with van der Waals surface area (Å²) in [5.41, 5.74) is 1.48. The Morgan fingerprint density at radius 3 is 2.41 bits per heavy atom. The molecule has 2 rings (SSSR count). The fraction of sp³-hybridized carbons (Fsp3) is 0.750. The van der Waals surface area contributed by atoms with E-state index in [4.69, 9.17) is 0 Å². The minimum atomic E-state index is -0.248. The Morgan fingerprint density at radius 2 is 1.82 bits per heavy atom. The lowest BCUT2D eigenvalue weighted by atomic mass is 9.82. The largest absolute Gasteiger partial charge is 0.394 e. The van der Waals surface area contributed by atoms with Crippen molar-refractivity contribution in [2.75, 3.05) is 11.9 Å². The molecule has 5 nitrogen and oxygen atoms in total. The molecular formula is C12H20N4O. The number of aliphatic hydroxyl groups excluding tert-OH is 1. The number of nitrogens with one attached hydrogen (secondary N) is 1. The zero-order valence-electron chi connectivity index (χ0n) is 10.5. The van der Waals surface area contributed by atoms with Crippen LogP contribution < -0.4 is 5.32 Å². The van der Waals surface area contributed by atoms with Crippen LogP contribution in [0.3, 0.4) is 0 Å². The van der Waals surface area contributed by atoms with Crippen molar-refractivity contribution in [2.45, 2.75) is 51.5 Å². The summed E-state index contributed by atoms with van der Waals surface area (Å²) in [5.74, 6) is 0.532. The quantitative estimate of drug-likeness (QED) is 0.834. The second kappa shape index (κ2) is 4.96. The zero-order valence-corrected chi connectivity index (χ0v) is 10.5. The van der Waals surface area contributed by atoms with Crippen molar-refractivity contribution >= 4 is 5.95 Å². The molecule has 0 saturated heterocycles. The molecule has 0 spiro atoms. The van der Waals surface area contributed by atoms with Crippen LogP contribution in [0.4, 0.5) is 5.95 Å². The maximum Gasteiger partial charge on any atom is 0.243 e. The van der Waals surface area contributed by atoms with Crippen molar-refractivity contribution in [3.63, 3.8) is 0 Å². The van der Waals surface area contributed by atoms with Gasteiger partial charge >= 0.3 is 0 Å². The number of hydrogen-bond donors (Lipinski definition) is 2. The first-order chi connectivity index (χ1) is 8.15. The van der Waals surface area contributed by atoms with Gasteiger partial charge in [-0.05, 0) is 26.7 Å². The molecule has 1 heterocycles. The number of aryl methyl sites for hydroxylation is 2. The molecule has 0 radical (unpaired) electrons. The third-order valence-electron chi connectivity index (χ3n) is 3.58. The zero-order chi connectivity index (χ0) is 12.3. The molecular weight excluding hydrogens is 216 g/mol. The second-order valence-electron chi connectivity index (χ2n) is 4.93. The van der Waals surface area contributed by atoms with Crippen molar-refractivity contribution in [3.8, 4) is 0 Å². The molecule has 0 unspecified atom stereocenters. The van der Waals surface area contributed by atoms with Gasteiger partial charge in [-0.25, -0.2) is 4.98 Å². The van der Waals surface area contributed by atoms with Crippen LogP contribution in [0.15, 0.2) is 0 Å². The molecule has 0 atom stereocenters. The number of aliphatic hydroxyl groups is 1. The molecule has 1 saturated carbocycles. The Hall–Kier alpha value is -1.23. The maximum atomic E-state index is 9.59. The van der Waals surface area contributed by atoms with Gasteiger partial charge in [-0.3, -0.25) is 0 Å². The van der Waals surface area contributed by atoms with Gasteiger partial charge in [0, 0.05) is 0 Å². The minimum Gasteiger partial charge on any atom is -0.394 e. The smallest absolute Gasteiger partial charge is 0.243 e. The first kappa shape index (κ1) is 12.2. The summed E-state index contributed by atoms with van der Waals surface area (Å²) in [6.45, 7) is 3.94. The number of rotatable bonds is 3. The van der Waals surface area contributed by atoms with Crippen LogP contribution in [0.5, 0.6) is 0 Å². The number of nitrogens with zero attached hydrogens (tertiary/aromatic N) is 3. The third-order valence-corrected chi connectivity index (χ3v) is 3.58. The molecule has 1 aliphatic carbocycles. The van der Waals surface area contributed by atoms with E-state index in [2.05, 4.69) is 20.5 Å². The Bertz CT molecular complexity index is 388. The van der Waals surface area contributed by atoms with E-state index in [1.807, 2.05) is 13.8 Å². The molecule has 5 heteroatoms. The Morgan fingerprint density at radius 1 is 1.12 bits per heavy atom. The predicted octanol–water partition coefficient (Wildman–Crippen LogP) is 1.60. The molecule has 0 aliphatic heterocycles. The van der Waals surface area contributed by atoms with Gasteiger partial charge in [0.05, 0.1) is 23.5 Å². The molecule has 2 N–H and O–H groups in total. The van der Waals surface area contributed by atoms with Gasteiger partial charge in [0.2, 0.25) is 5.95 Å². The van der Waals surface area contributed by atoms with Gasteiger partial charge in [-0.2, -0.15) is 5.10 Å². The minimum absolute atomic E-state index is 0.128. The summed E-state index contributed by atoms with van der Waals surface area (Å²) in [6.07, 6.45) is 5.48. The highest BCUT2D eigenvalue weighted by atomic mass is 16.3. The summed E-state index contributed by atoms with van der Waals surface area (Å²) in [6, 6.07) is 0. The normalized spacial score (nSPS) is 19.0. The molecule has 0 bridgehead atoms. The summed E-state index contributed by atoms with van der Waals surface area (Å²) >= 11 is 0. The fourth-order valence-electron chi connectivity index (χ4n) is 2.30. The van der Waals surface area contributed by atoms with Crippen molar-refractivity contribution in [2.24, 2.45) is 0 Å². The molecule has 1 aromatic rings. The van der Waals surface area contributed by atoms with Crippen molar-refractivity contribution in [1.82, 2.24) is 15.2 Å². The summed E-state index contributed by atoms with van der Waals surface area (Å²) < 4.78 is 0. The number of aromatic nitrogens is 3. The van der Waals surface area contributed by atoms with Gasteiger partial charge < -0.3 is 10.4 Å². The maximum absolute atomic E-state index is 9.59. The lowest BCUT2D eigenvalue weighted by Crippen LogP contribution is -2.44. The number of anilines is 1. The van der Waals surface area contributed by atoms with Crippen LogP contribution in [0.1, 0.15) is 43.5 Å². The van der Waals surface area contributed by atoms with Crippen LogP contribution in [0.25, 0.3) is 0 Å². The Kier molecular flexibility index (Phi) is 3.57. The molecule has 1 fully saturated rings. The second-order valence-corrected chi connectivity index (χ2v) is 4.93. The third kappa shape index (κ3) is 2.72. The summed E-state index contributed by atoms with van der Waals surface area (Å²) in [4.78, 5) is 4.36. The molecule has 1 aliphatic rings. The van der Waals surface area contributed by atoms with E-state index in [9.17, 15) is 5.11 Å². The Balaban J connectivity index is 2.14. The lowest BCUT2D eigenvalue weighted by Gasteiger charge is -2.36. The molecule has 17 heavy (non-hydrogen) atoms. The Labute approximate surface area is 102 Å². The predicted molar refractivity (Wildman–Crippen MR) is 65.8 cm³/mol. The summed E-state index contributed by atoms with van der Waals surface area (Å²) in [7, 11) is 0. The van der Waals surface area contributed by atoms with Gasteiger partial charge in [0.15, 0.2) is 0 Å². The topological polar surface area (TPSA) is 70.9 Å². The van der Waals surface area contributed by atoms with E-state index in [0.29, 0.717) is 5.95 Å². The van der Waals surface area contributed by atoms with Gasteiger partial charge in [-0.1, -0.05) is 19.3 Å². The molecule has 0 amide bonds. The van der Waals surface area contributed by atoms with Gasteiger partial charge in [0.1, 0.15) is 0 Å². The highest BCUT2D eigenvalue weighted by molar-refractivity contribution is 5.30.